The largest absolute Gasteiger partial charge is 0.311 e. The van der Waals surface area contributed by atoms with Crippen LogP contribution < -0.4 is 5.01 Å². The average molecular weight is 298 g/mol. The lowest BCUT2D eigenvalue weighted by Crippen LogP contribution is -2.40. The van der Waals surface area contributed by atoms with Crippen LogP contribution in [-0.4, -0.2) is 28.6 Å². The monoisotopic (exact) mass is 297 g/mol. The summed E-state index contributed by atoms with van der Waals surface area (Å²) in [4.78, 5) is 4.70. The van der Waals surface area contributed by atoms with Gasteiger partial charge in [0, 0.05) is 30.4 Å². The molecule has 102 valence electrons. The Kier molecular flexibility index (Phi) is 3.85. The highest BCUT2D eigenvalue weighted by Gasteiger charge is 2.18. The quantitative estimate of drug-likeness (QED) is 0.807. The molecule has 1 aromatic heterocycles. The summed E-state index contributed by atoms with van der Waals surface area (Å²) < 4.78 is 2.22. The van der Waals surface area contributed by atoms with Crippen LogP contribution >= 0.6 is 23.2 Å². The van der Waals surface area contributed by atoms with Gasteiger partial charge in [-0.05, 0) is 37.5 Å². The third kappa shape index (κ3) is 2.54. The Morgan fingerprint density at radius 3 is 2.68 bits per heavy atom. The number of aryl methyl sites for hydroxylation is 1. The third-order valence-corrected chi connectivity index (χ3v) is 4.02. The van der Waals surface area contributed by atoms with Crippen LogP contribution in [0.3, 0.4) is 0 Å². The van der Waals surface area contributed by atoms with Gasteiger partial charge in [-0.3, -0.25) is 0 Å². The van der Waals surface area contributed by atoms with Gasteiger partial charge in [-0.15, -0.1) is 11.6 Å². The van der Waals surface area contributed by atoms with Crippen molar-refractivity contribution in [3.63, 3.8) is 0 Å². The van der Waals surface area contributed by atoms with Gasteiger partial charge in [-0.2, -0.15) is 0 Å². The van der Waals surface area contributed by atoms with Gasteiger partial charge in [0.25, 0.3) is 0 Å². The lowest BCUT2D eigenvalue weighted by molar-refractivity contribution is 0.476. The van der Waals surface area contributed by atoms with E-state index in [1.54, 1.807) is 0 Å². The lowest BCUT2D eigenvalue weighted by Gasteiger charge is -2.31. The molecule has 0 N–H and O–H groups in total. The number of rotatable bonds is 3. The SMILES string of the molecule is ClCCc1nc2ccc(Cl)cc2n1N1CCCCC1. The molecule has 1 aromatic carbocycles. The number of fused-ring (bicyclic) bond motifs is 1. The second-order valence-electron chi connectivity index (χ2n) is 4.93. The second-order valence-corrected chi connectivity index (χ2v) is 5.74. The Bertz CT molecular complexity index is 573. The van der Waals surface area contributed by atoms with E-state index in [2.05, 4.69) is 9.69 Å². The van der Waals surface area contributed by atoms with Crippen LogP contribution in [0.15, 0.2) is 18.2 Å². The molecule has 2 heterocycles. The first-order valence-electron chi connectivity index (χ1n) is 6.77. The molecule has 1 fully saturated rings. The maximum atomic E-state index is 6.13. The molecule has 0 saturated carbocycles. The Labute approximate surface area is 123 Å². The van der Waals surface area contributed by atoms with E-state index in [1.807, 2.05) is 18.2 Å². The maximum Gasteiger partial charge on any atom is 0.130 e. The van der Waals surface area contributed by atoms with Gasteiger partial charge in [0.2, 0.25) is 0 Å². The van der Waals surface area contributed by atoms with Crippen molar-refractivity contribution < 1.29 is 0 Å². The Balaban J connectivity index is 2.11. The Morgan fingerprint density at radius 1 is 1.16 bits per heavy atom. The first kappa shape index (κ1) is 13.1. The fourth-order valence-electron chi connectivity index (χ4n) is 2.73. The van der Waals surface area contributed by atoms with Gasteiger partial charge in [-0.1, -0.05) is 11.6 Å². The van der Waals surface area contributed by atoms with Crippen LogP contribution in [0.2, 0.25) is 5.02 Å². The number of imidazole rings is 1. The minimum Gasteiger partial charge on any atom is -0.311 e. The van der Waals surface area contributed by atoms with E-state index < -0.39 is 0 Å². The summed E-state index contributed by atoms with van der Waals surface area (Å²) in [5.74, 6) is 1.62. The number of alkyl halides is 1. The summed E-state index contributed by atoms with van der Waals surface area (Å²) >= 11 is 12.0. The fraction of sp³-hybridized carbons (Fsp3) is 0.500. The molecule has 0 bridgehead atoms. The zero-order chi connectivity index (χ0) is 13.2. The first-order chi connectivity index (χ1) is 9.29. The van der Waals surface area contributed by atoms with Crippen LogP contribution in [0.25, 0.3) is 11.0 Å². The summed E-state index contributed by atoms with van der Waals surface area (Å²) in [7, 11) is 0. The molecule has 0 atom stereocenters. The van der Waals surface area contributed by atoms with Crippen molar-refractivity contribution in [2.45, 2.75) is 25.7 Å². The van der Waals surface area contributed by atoms with Crippen LogP contribution in [0.5, 0.6) is 0 Å². The molecule has 1 aliphatic rings. The van der Waals surface area contributed by atoms with Gasteiger partial charge in [-0.25, -0.2) is 9.66 Å². The summed E-state index contributed by atoms with van der Waals surface area (Å²) in [6.07, 6.45) is 4.57. The topological polar surface area (TPSA) is 21.1 Å². The first-order valence-corrected chi connectivity index (χ1v) is 7.69. The van der Waals surface area contributed by atoms with Crippen LogP contribution in [0.1, 0.15) is 25.1 Å². The molecule has 1 aliphatic heterocycles. The number of hydrogen-bond donors (Lipinski definition) is 0. The molecule has 5 heteroatoms. The van der Waals surface area contributed by atoms with Crippen molar-refractivity contribution in [2.75, 3.05) is 24.0 Å². The number of hydrogen-bond acceptors (Lipinski definition) is 2. The van der Waals surface area contributed by atoms with Crippen LogP contribution in [0, 0.1) is 0 Å². The number of nitrogens with zero attached hydrogens (tertiary/aromatic N) is 3. The fourth-order valence-corrected chi connectivity index (χ4v) is 3.06. The van der Waals surface area contributed by atoms with Crippen molar-refractivity contribution >= 4 is 34.2 Å². The van der Waals surface area contributed by atoms with E-state index in [0.717, 1.165) is 41.4 Å². The highest BCUT2D eigenvalue weighted by atomic mass is 35.5. The Morgan fingerprint density at radius 2 is 1.95 bits per heavy atom. The summed E-state index contributed by atoms with van der Waals surface area (Å²) in [5.41, 5.74) is 2.09. The Hall–Kier alpha value is -0.930. The highest BCUT2D eigenvalue weighted by molar-refractivity contribution is 6.31. The molecule has 19 heavy (non-hydrogen) atoms. The molecule has 0 aliphatic carbocycles. The second kappa shape index (κ2) is 5.59. The lowest BCUT2D eigenvalue weighted by atomic mass is 10.2. The number of benzene rings is 1. The zero-order valence-electron chi connectivity index (χ0n) is 10.8. The van der Waals surface area contributed by atoms with E-state index >= 15 is 0 Å². The van der Waals surface area contributed by atoms with Gasteiger partial charge >= 0.3 is 0 Å². The number of halogens is 2. The summed E-state index contributed by atoms with van der Waals surface area (Å²) in [6, 6.07) is 5.87. The predicted molar refractivity (Wildman–Crippen MR) is 81.0 cm³/mol. The molecule has 0 unspecified atom stereocenters. The molecule has 3 nitrogen and oxygen atoms in total. The van der Waals surface area contributed by atoms with Crippen molar-refractivity contribution in [3.8, 4) is 0 Å². The summed E-state index contributed by atoms with van der Waals surface area (Å²) in [5, 5.41) is 3.12. The average Bonchev–Trinajstić information content (AvgIpc) is 2.77. The van der Waals surface area contributed by atoms with E-state index in [0.29, 0.717) is 5.88 Å². The molecule has 0 radical (unpaired) electrons. The molecule has 0 spiro atoms. The third-order valence-electron chi connectivity index (χ3n) is 3.59. The molecule has 0 amide bonds. The maximum absolute atomic E-state index is 6.13. The molecule has 3 rings (SSSR count). The van der Waals surface area contributed by atoms with Crippen LogP contribution in [-0.2, 0) is 6.42 Å². The van der Waals surface area contributed by atoms with Crippen molar-refractivity contribution in [1.29, 1.82) is 0 Å². The van der Waals surface area contributed by atoms with Crippen LogP contribution in [0.4, 0.5) is 0 Å². The summed E-state index contributed by atoms with van der Waals surface area (Å²) in [6.45, 7) is 2.15. The van der Waals surface area contributed by atoms with Gasteiger partial charge in [0.15, 0.2) is 0 Å². The van der Waals surface area contributed by atoms with Gasteiger partial charge < -0.3 is 5.01 Å². The molecular formula is C14H17Cl2N3. The van der Waals surface area contributed by atoms with E-state index in [-0.39, 0.29) is 0 Å². The normalized spacial score (nSPS) is 16.2. The van der Waals surface area contributed by atoms with E-state index in [9.17, 15) is 0 Å². The minimum atomic E-state index is 0.588. The predicted octanol–water partition coefficient (Wildman–Crippen LogP) is 3.59. The smallest absolute Gasteiger partial charge is 0.130 e. The van der Waals surface area contributed by atoms with E-state index in [1.165, 1.54) is 19.3 Å². The van der Waals surface area contributed by atoms with Crippen molar-refractivity contribution in [3.05, 3.63) is 29.0 Å². The molecule has 2 aromatic rings. The number of aromatic nitrogens is 2. The molecular weight excluding hydrogens is 281 g/mol. The standard InChI is InChI=1S/C14H17Cl2N3/c15-7-6-14-17-12-5-4-11(16)10-13(12)19(14)18-8-2-1-3-9-18/h4-5,10H,1-3,6-9H2. The van der Waals surface area contributed by atoms with E-state index in [4.69, 9.17) is 28.2 Å². The van der Waals surface area contributed by atoms with Gasteiger partial charge in [0.05, 0.1) is 11.0 Å². The molecule has 1 saturated heterocycles. The number of piperidine rings is 1. The highest BCUT2D eigenvalue weighted by Crippen LogP contribution is 2.23. The van der Waals surface area contributed by atoms with Gasteiger partial charge in [0.1, 0.15) is 5.82 Å². The van der Waals surface area contributed by atoms with Crippen molar-refractivity contribution in [1.82, 2.24) is 9.66 Å². The zero-order valence-corrected chi connectivity index (χ0v) is 12.3. The minimum absolute atomic E-state index is 0.588. The van der Waals surface area contributed by atoms with Crippen molar-refractivity contribution in [2.24, 2.45) is 0 Å².